The van der Waals surface area contributed by atoms with E-state index in [4.69, 9.17) is 15.0 Å². The molecule has 0 N–H and O–H groups in total. The smallest absolute Gasteiger partial charge is 0.164 e. The lowest BCUT2D eigenvalue weighted by Crippen LogP contribution is -2.00. The van der Waals surface area contributed by atoms with E-state index in [1.165, 1.54) is 47.3 Å². The molecule has 2 heterocycles. The van der Waals surface area contributed by atoms with Crippen molar-refractivity contribution in [3.05, 3.63) is 152 Å². The second-order valence-electron chi connectivity index (χ2n) is 11.2. The van der Waals surface area contributed by atoms with Gasteiger partial charge in [-0.2, -0.15) is 0 Å². The number of thiophene rings is 1. The number of hydrogen-bond acceptors (Lipinski definition) is 4. The molecule has 0 aliphatic heterocycles. The summed E-state index contributed by atoms with van der Waals surface area (Å²) in [5.74, 6) is 1.99. The van der Waals surface area contributed by atoms with Gasteiger partial charge >= 0.3 is 0 Å². The third-order valence-electron chi connectivity index (χ3n) is 8.51. The van der Waals surface area contributed by atoms with Crippen LogP contribution in [0.4, 0.5) is 0 Å². The van der Waals surface area contributed by atoms with Gasteiger partial charge in [-0.15, -0.1) is 11.3 Å². The van der Waals surface area contributed by atoms with Crippen molar-refractivity contribution in [1.82, 2.24) is 15.0 Å². The van der Waals surface area contributed by atoms with Crippen molar-refractivity contribution < 1.29 is 0 Å². The first-order chi connectivity index (χ1) is 22.3. The lowest BCUT2D eigenvalue weighted by molar-refractivity contribution is 1.08. The Hall–Kier alpha value is -5.71. The van der Waals surface area contributed by atoms with Crippen LogP contribution in [-0.4, -0.2) is 15.0 Å². The van der Waals surface area contributed by atoms with E-state index in [0.717, 1.165) is 22.3 Å². The Morgan fingerprint density at radius 3 is 1.82 bits per heavy atom. The molecule has 9 aromatic rings. The van der Waals surface area contributed by atoms with Gasteiger partial charge in [-0.25, -0.2) is 15.0 Å². The number of rotatable bonds is 4. The third kappa shape index (κ3) is 4.38. The summed E-state index contributed by atoms with van der Waals surface area (Å²) in [5, 5.41) is 7.37. The number of benzene rings is 7. The second kappa shape index (κ2) is 10.5. The van der Waals surface area contributed by atoms with E-state index in [1.807, 2.05) is 18.2 Å². The summed E-state index contributed by atoms with van der Waals surface area (Å²) in [4.78, 5) is 15.3. The summed E-state index contributed by atoms with van der Waals surface area (Å²) in [6, 6.07) is 53.3. The average molecular weight is 592 g/mol. The predicted octanol–water partition coefficient (Wildman–Crippen LogP) is 11.2. The van der Waals surface area contributed by atoms with Crippen molar-refractivity contribution in [2.24, 2.45) is 0 Å². The Balaban J connectivity index is 1.27. The largest absolute Gasteiger partial charge is 0.208 e. The van der Waals surface area contributed by atoms with Crippen molar-refractivity contribution in [3.63, 3.8) is 0 Å². The molecule has 0 aliphatic rings. The molecule has 0 bridgehead atoms. The molecule has 0 saturated carbocycles. The van der Waals surface area contributed by atoms with Crippen LogP contribution < -0.4 is 0 Å². The Bertz CT molecular complexity index is 2550. The zero-order valence-electron chi connectivity index (χ0n) is 24.2. The van der Waals surface area contributed by atoms with Crippen LogP contribution in [0.2, 0.25) is 0 Å². The molecule has 0 spiro atoms. The van der Waals surface area contributed by atoms with E-state index < -0.39 is 0 Å². The molecule has 0 atom stereocenters. The standard InChI is InChI=1S/C41H25N3S/c1-2-12-26(13-3-1)39-42-40(44-41(43-39)34-21-11-23-37-38(34)33-20-8-9-22-36(33)45-37)29-16-10-15-27(24-29)35-25-28-14-4-5-17-30(28)31-18-6-7-19-32(31)35/h1-25H. The molecule has 4 heteroatoms. The summed E-state index contributed by atoms with van der Waals surface area (Å²) >= 11 is 1.80. The van der Waals surface area contributed by atoms with Crippen molar-refractivity contribution >= 4 is 53.1 Å². The fraction of sp³-hybridized carbons (Fsp3) is 0. The molecule has 210 valence electrons. The average Bonchev–Trinajstić information content (AvgIpc) is 3.50. The topological polar surface area (TPSA) is 38.7 Å². The van der Waals surface area contributed by atoms with Gasteiger partial charge in [-0.1, -0.05) is 127 Å². The first-order valence-electron chi connectivity index (χ1n) is 15.0. The molecule has 7 aromatic carbocycles. The van der Waals surface area contributed by atoms with Gasteiger partial charge in [0.1, 0.15) is 0 Å². The van der Waals surface area contributed by atoms with Crippen molar-refractivity contribution in [2.45, 2.75) is 0 Å². The third-order valence-corrected chi connectivity index (χ3v) is 9.65. The van der Waals surface area contributed by atoms with Gasteiger partial charge in [-0.05, 0) is 56.9 Å². The molecule has 0 saturated heterocycles. The molecular formula is C41H25N3S. The summed E-state index contributed by atoms with van der Waals surface area (Å²) < 4.78 is 2.48. The molecule has 0 radical (unpaired) electrons. The van der Waals surface area contributed by atoms with Crippen LogP contribution in [0, 0.1) is 0 Å². The lowest BCUT2D eigenvalue weighted by Gasteiger charge is -2.13. The van der Waals surface area contributed by atoms with Crippen LogP contribution in [0.15, 0.2) is 152 Å². The molecule has 2 aromatic heterocycles. The Kier molecular flexibility index (Phi) is 6.00. The number of hydrogen-bond donors (Lipinski definition) is 0. The first-order valence-corrected chi connectivity index (χ1v) is 15.9. The SMILES string of the molecule is c1ccc(-c2nc(-c3cccc(-c4cc5ccccc5c5ccccc45)c3)nc(-c3cccc4sc5ccccc5c34)n2)cc1. The number of aromatic nitrogens is 3. The molecule has 0 unspecified atom stereocenters. The van der Waals surface area contributed by atoms with Crippen LogP contribution in [0.5, 0.6) is 0 Å². The van der Waals surface area contributed by atoms with E-state index >= 15 is 0 Å². The molecule has 0 fully saturated rings. The van der Waals surface area contributed by atoms with E-state index in [9.17, 15) is 0 Å². The first kappa shape index (κ1) is 25.8. The summed E-state index contributed by atoms with van der Waals surface area (Å²) in [7, 11) is 0. The highest BCUT2D eigenvalue weighted by Crippen LogP contribution is 2.40. The monoisotopic (exact) mass is 591 g/mol. The van der Waals surface area contributed by atoms with Gasteiger partial charge in [0.25, 0.3) is 0 Å². The summed E-state index contributed by atoms with van der Waals surface area (Å²) in [6.45, 7) is 0. The van der Waals surface area contributed by atoms with Crippen LogP contribution in [0.25, 0.3) is 87.0 Å². The van der Waals surface area contributed by atoms with E-state index in [2.05, 4.69) is 133 Å². The highest BCUT2D eigenvalue weighted by Gasteiger charge is 2.17. The number of nitrogens with zero attached hydrogens (tertiary/aromatic N) is 3. The zero-order chi connectivity index (χ0) is 29.7. The minimum absolute atomic E-state index is 0.655. The van der Waals surface area contributed by atoms with Gasteiger partial charge in [0.2, 0.25) is 0 Å². The van der Waals surface area contributed by atoms with Crippen LogP contribution in [0.3, 0.4) is 0 Å². The fourth-order valence-electron chi connectivity index (χ4n) is 6.42. The maximum Gasteiger partial charge on any atom is 0.164 e. The summed E-state index contributed by atoms with van der Waals surface area (Å²) in [6.07, 6.45) is 0. The number of fused-ring (bicyclic) bond motifs is 6. The maximum atomic E-state index is 5.17. The molecule has 3 nitrogen and oxygen atoms in total. The second-order valence-corrected chi connectivity index (χ2v) is 12.3. The molecule has 0 amide bonds. The molecule has 45 heavy (non-hydrogen) atoms. The van der Waals surface area contributed by atoms with Crippen LogP contribution in [-0.2, 0) is 0 Å². The van der Waals surface area contributed by atoms with Crippen molar-refractivity contribution in [3.8, 4) is 45.3 Å². The fourth-order valence-corrected chi connectivity index (χ4v) is 7.55. The minimum atomic E-state index is 0.655. The van der Waals surface area contributed by atoms with E-state index in [0.29, 0.717) is 17.5 Å². The van der Waals surface area contributed by atoms with Gasteiger partial charge in [0, 0.05) is 36.9 Å². The predicted molar refractivity (Wildman–Crippen MR) is 189 cm³/mol. The summed E-state index contributed by atoms with van der Waals surface area (Å²) in [5.41, 5.74) is 5.25. The highest BCUT2D eigenvalue weighted by molar-refractivity contribution is 7.25. The van der Waals surface area contributed by atoms with E-state index in [-0.39, 0.29) is 0 Å². The van der Waals surface area contributed by atoms with Crippen LogP contribution in [0.1, 0.15) is 0 Å². The van der Waals surface area contributed by atoms with Gasteiger partial charge in [-0.3, -0.25) is 0 Å². The maximum absolute atomic E-state index is 5.17. The van der Waals surface area contributed by atoms with Gasteiger partial charge in [0.05, 0.1) is 0 Å². The van der Waals surface area contributed by atoms with Gasteiger partial charge in [0.15, 0.2) is 17.5 Å². The Morgan fingerprint density at radius 1 is 0.356 bits per heavy atom. The molecule has 9 rings (SSSR count). The van der Waals surface area contributed by atoms with Gasteiger partial charge < -0.3 is 0 Å². The Labute approximate surface area is 264 Å². The quantitative estimate of drug-likeness (QED) is 0.191. The zero-order valence-corrected chi connectivity index (χ0v) is 25.0. The Morgan fingerprint density at radius 2 is 0.956 bits per heavy atom. The van der Waals surface area contributed by atoms with Crippen molar-refractivity contribution in [1.29, 1.82) is 0 Å². The lowest BCUT2D eigenvalue weighted by atomic mass is 9.92. The molecule has 0 aliphatic carbocycles. The minimum Gasteiger partial charge on any atom is -0.208 e. The van der Waals surface area contributed by atoms with Crippen LogP contribution >= 0.6 is 11.3 Å². The highest BCUT2D eigenvalue weighted by atomic mass is 32.1. The van der Waals surface area contributed by atoms with E-state index in [1.54, 1.807) is 11.3 Å². The molecular weight excluding hydrogens is 567 g/mol. The van der Waals surface area contributed by atoms with Crippen molar-refractivity contribution in [2.75, 3.05) is 0 Å². The normalized spacial score (nSPS) is 11.6.